The summed E-state index contributed by atoms with van der Waals surface area (Å²) >= 11 is 0. The molecule has 1 fully saturated rings. The number of likely N-dealkylation sites (N-methyl/N-ethyl adjacent to an activating group) is 1. The Kier molecular flexibility index (Phi) is 5.91. The Balaban J connectivity index is 1.82. The van der Waals surface area contributed by atoms with E-state index >= 15 is 0 Å². The lowest BCUT2D eigenvalue weighted by Gasteiger charge is -2.15. The fraction of sp³-hybridized carbons (Fsp3) is 0.643. The lowest BCUT2D eigenvalue weighted by atomic mass is 10.3. The standard InChI is InChI=1S/C14H24N6O2/c1-19(2)6-4-17-13-7-16-8-14(18-13)22-11-3-5-20(9-11)10-12(15)21/h7-8,11H,3-6,9-10H2,1-2H3,(H2,15,21)(H,17,18). The Morgan fingerprint density at radius 1 is 1.55 bits per heavy atom. The number of ether oxygens (including phenoxy) is 1. The second-order valence-corrected chi connectivity index (χ2v) is 5.70. The number of anilines is 1. The number of nitrogens with one attached hydrogen (secondary N) is 1. The third-order valence-corrected chi connectivity index (χ3v) is 3.37. The smallest absolute Gasteiger partial charge is 0.234 e. The first kappa shape index (κ1) is 16.4. The van der Waals surface area contributed by atoms with Gasteiger partial charge in [0, 0.05) is 26.2 Å². The number of primary amides is 1. The molecule has 8 nitrogen and oxygen atoms in total. The van der Waals surface area contributed by atoms with Crippen LogP contribution in [0.1, 0.15) is 6.42 Å². The lowest BCUT2D eigenvalue weighted by Crippen LogP contribution is -2.33. The van der Waals surface area contributed by atoms with Crippen molar-refractivity contribution in [3.63, 3.8) is 0 Å². The van der Waals surface area contributed by atoms with Crippen molar-refractivity contribution >= 4 is 11.7 Å². The summed E-state index contributed by atoms with van der Waals surface area (Å²) in [5.74, 6) is 0.889. The molecule has 1 amide bonds. The van der Waals surface area contributed by atoms with Crippen LogP contribution in [0, 0.1) is 0 Å². The Bertz CT molecular complexity index is 496. The third-order valence-electron chi connectivity index (χ3n) is 3.37. The molecular weight excluding hydrogens is 284 g/mol. The molecule has 8 heteroatoms. The van der Waals surface area contributed by atoms with Gasteiger partial charge in [-0.1, -0.05) is 0 Å². The maximum atomic E-state index is 10.9. The van der Waals surface area contributed by atoms with E-state index in [2.05, 4.69) is 20.2 Å². The van der Waals surface area contributed by atoms with Crippen molar-refractivity contribution in [3.05, 3.63) is 12.4 Å². The van der Waals surface area contributed by atoms with Crippen LogP contribution in [0.4, 0.5) is 5.82 Å². The highest BCUT2D eigenvalue weighted by Crippen LogP contribution is 2.17. The van der Waals surface area contributed by atoms with Crippen LogP contribution in [0.2, 0.25) is 0 Å². The van der Waals surface area contributed by atoms with Crippen LogP contribution in [-0.4, -0.2) is 78.6 Å². The average Bonchev–Trinajstić information content (AvgIpc) is 2.85. The van der Waals surface area contributed by atoms with Gasteiger partial charge in [0.1, 0.15) is 11.9 Å². The molecule has 0 aliphatic carbocycles. The van der Waals surface area contributed by atoms with Gasteiger partial charge in [0.25, 0.3) is 0 Å². The van der Waals surface area contributed by atoms with Crippen molar-refractivity contribution in [1.29, 1.82) is 0 Å². The summed E-state index contributed by atoms with van der Waals surface area (Å²) in [7, 11) is 4.04. The number of amides is 1. The van der Waals surface area contributed by atoms with Crippen LogP contribution >= 0.6 is 0 Å². The fourth-order valence-corrected chi connectivity index (χ4v) is 2.33. The normalized spacial score (nSPS) is 18.6. The van der Waals surface area contributed by atoms with Gasteiger partial charge in [-0.05, 0) is 20.5 Å². The number of nitrogens with zero attached hydrogens (tertiary/aromatic N) is 4. The maximum absolute atomic E-state index is 10.9. The number of carbonyl (C=O) groups excluding carboxylic acids is 1. The molecule has 122 valence electrons. The highest BCUT2D eigenvalue weighted by atomic mass is 16.5. The summed E-state index contributed by atoms with van der Waals surface area (Å²) in [4.78, 5) is 23.5. The van der Waals surface area contributed by atoms with Crippen LogP contribution < -0.4 is 15.8 Å². The molecule has 0 saturated carbocycles. The molecule has 0 bridgehead atoms. The van der Waals surface area contributed by atoms with Gasteiger partial charge in [0.15, 0.2) is 0 Å². The molecule has 1 saturated heterocycles. The average molecular weight is 308 g/mol. The first-order chi connectivity index (χ1) is 10.5. The van der Waals surface area contributed by atoms with E-state index in [1.165, 1.54) is 0 Å². The van der Waals surface area contributed by atoms with Gasteiger partial charge in [-0.15, -0.1) is 0 Å². The van der Waals surface area contributed by atoms with Crippen LogP contribution in [0.5, 0.6) is 5.88 Å². The van der Waals surface area contributed by atoms with Gasteiger partial charge >= 0.3 is 0 Å². The molecule has 1 aliphatic rings. The van der Waals surface area contributed by atoms with Crippen molar-refractivity contribution in [1.82, 2.24) is 19.8 Å². The minimum Gasteiger partial charge on any atom is -0.472 e. The van der Waals surface area contributed by atoms with E-state index in [0.29, 0.717) is 18.2 Å². The minimum absolute atomic E-state index is 0.0191. The minimum atomic E-state index is -0.312. The van der Waals surface area contributed by atoms with E-state index in [4.69, 9.17) is 10.5 Å². The topological polar surface area (TPSA) is 96.6 Å². The summed E-state index contributed by atoms with van der Waals surface area (Å²) in [6.45, 7) is 3.47. The Labute approximate surface area is 130 Å². The van der Waals surface area contributed by atoms with Gasteiger partial charge in [-0.25, -0.2) is 0 Å². The van der Waals surface area contributed by atoms with Crippen LogP contribution in [-0.2, 0) is 4.79 Å². The molecule has 1 unspecified atom stereocenters. The molecule has 0 aromatic carbocycles. The molecule has 0 radical (unpaired) electrons. The SMILES string of the molecule is CN(C)CCNc1cncc(OC2CCN(CC(N)=O)C2)n1. The van der Waals surface area contributed by atoms with Crippen molar-refractivity contribution in [3.8, 4) is 5.88 Å². The summed E-state index contributed by atoms with van der Waals surface area (Å²) in [6, 6.07) is 0. The van der Waals surface area contributed by atoms with Crippen LogP contribution in [0.3, 0.4) is 0 Å². The molecule has 0 spiro atoms. The van der Waals surface area contributed by atoms with Gasteiger partial charge in [-0.2, -0.15) is 4.98 Å². The van der Waals surface area contributed by atoms with Crippen LogP contribution in [0.15, 0.2) is 12.4 Å². The fourth-order valence-electron chi connectivity index (χ4n) is 2.33. The number of nitrogens with two attached hydrogens (primary N) is 1. The molecule has 1 aromatic heterocycles. The van der Waals surface area contributed by atoms with Gasteiger partial charge < -0.3 is 20.7 Å². The Hall–Kier alpha value is -1.93. The number of hydrogen-bond donors (Lipinski definition) is 2. The summed E-state index contributed by atoms with van der Waals surface area (Å²) in [5, 5.41) is 3.21. The number of likely N-dealkylation sites (tertiary alicyclic amines) is 1. The first-order valence-corrected chi connectivity index (χ1v) is 7.41. The van der Waals surface area contributed by atoms with E-state index in [9.17, 15) is 4.79 Å². The molecular formula is C14H24N6O2. The zero-order valence-corrected chi connectivity index (χ0v) is 13.2. The summed E-state index contributed by atoms with van der Waals surface area (Å²) in [5.41, 5.74) is 5.20. The predicted octanol–water partition coefficient (Wildman–Crippen LogP) is -0.611. The van der Waals surface area contributed by atoms with E-state index < -0.39 is 0 Å². The highest BCUT2D eigenvalue weighted by molar-refractivity contribution is 5.75. The van der Waals surface area contributed by atoms with Crippen molar-refractivity contribution in [2.24, 2.45) is 5.73 Å². The summed E-state index contributed by atoms with van der Waals surface area (Å²) in [6.07, 6.45) is 4.16. The Morgan fingerprint density at radius 2 is 2.36 bits per heavy atom. The summed E-state index contributed by atoms with van der Waals surface area (Å²) < 4.78 is 5.84. The molecule has 1 atom stereocenters. The molecule has 3 N–H and O–H groups in total. The lowest BCUT2D eigenvalue weighted by molar-refractivity contribution is -0.118. The maximum Gasteiger partial charge on any atom is 0.234 e. The molecule has 2 rings (SSSR count). The quantitative estimate of drug-likeness (QED) is 0.661. The van der Waals surface area contributed by atoms with E-state index in [1.54, 1.807) is 12.4 Å². The van der Waals surface area contributed by atoms with Gasteiger partial charge in [0.2, 0.25) is 11.8 Å². The molecule has 22 heavy (non-hydrogen) atoms. The van der Waals surface area contributed by atoms with E-state index in [-0.39, 0.29) is 18.6 Å². The second-order valence-electron chi connectivity index (χ2n) is 5.70. The van der Waals surface area contributed by atoms with Gasteiger partial charge in [0.05, 0.1) is 18.9 Å². The van der Waals surface area contributed by atoms with Crippen molar-refractivity contribution in [2.45, 2.75) is 12.5 Å². The number of aromatic nitrogens is 2. The zero-order valence-electron chi connectivity index (χ0n) is 13.2. The molecule has 1 aromatic rings. The first-order valence-electron chi connectivity index (χ1n) is 7.41. The molecule has 1 aliphatic heterocycles. The predicted molar refractivity (Wildman–Crippen MR) is 83.7 cm³/mol. The highest BCUT2D eigenvalue weighted by Gasteiger charge is 2.25. The van der Waals surface area contributed by atoms with Gasteiger partial charge in [-0.3, -0.25) is 14.7 Å². The largest absolute Gasteiger partial charge is 0.472 e. The second kappa shape index (κ2) is 7.90. The van der Waals surface area contributed by atoms with Crippen molar-refractivity contribution < 1.29 is 9.53 Å². The number of carbonyl (C=O) groups is 1. The van der Waals surface area contributed by atoms with Crippen LogP contribution in [0.25, 0.3) is 0 Å². The number of rotatable bonds is 8. The Morgan fingerprint density at radius 3 is 3.09 bits per heavy atom. The van der Waals surface area contributed by atoms with E-state index in [1.807, 2.05) is 19.0 Å². The number of hydrogen-bond acceptors (Lipinski definition) is 7. The van der Waals surface area contributed by atoms with E-state index in [0.717, 1.165) is 26.1 Å². The van der Waals surface area contributed by atoms with Crippen molar-refractivity contribution in [2.75, 3.05) is 52.1 Å². The third kappa shape index (κ3) is 5.45. The zero-order chi connectivity index (χ0) is 15.9. The monoisotopic (exact) mass is 308 g/mol. The molecule has 2 heterocycles.